The SMILES string of the molecule is COC(=O)c1cncc(NC2CC2N)n1. The lowest BCUT2D eigenvalue weighted by Gasteiger charge is -2.04. The Morgan fingerprint density at radius 3 is 3.00 bits per heavy atom. The number of methoxy groups -OCH3 is 1. The number of rotatable bonds is 3. The number of hydrogen-bond acceptors (Lipinski definition) is 6. The van der Waals surface area contributed by atoms with E-state index in [9.17, 15) is 4.79 Å². The minimum atomic E-state index is -0.494. The summed E-state index contributed by atoms with van der Waals surface area (Å²) in [6.45, 7) is 0. The summed E-state index contributed by atoms with van der Waals surface area (Å²) in [4.78, 5) is 19.1. The van der Waals surface area contributed by atoms with Crippen LogP contribution < -0.4 is 11.1 Å². The molecule has 1 fully saturated rings. The monoisotopic (exact) mass is 208 g/mol. The maximum absolute atomic E-state index is 11.2. The topological polar surface area (TPSA) is 90.1 Å². The van der Waals surface area contributed by atoms with E-state index >= 15 is 0 Å². The average Bonchev–Trinajstić information content (AvgIpc) is 2.93. The third-order valence-corrected chi connectivity index (χ3v) is 2.20. The van der Waals surface area contributed by atoms with Gasteiger partial charge in [0.15, 0.2) is 5.69 Å². The van der Waals surface area contributed by atoms with Crippen molar-refractivity contribution in [1.82, 2.24) is 9.97 Å². The molecule has 6 heteroatoms. The minimum Gasteiger partial charge on any atom is -0.464 e. The van der Waals surface area contributed by atoms with Crippen molar-refractivity contribution in [2.75, 3.05) is 12.4 Å². The Hall–Kier alpha value is -1.69. The van der Waals surface area contributed by atoms with Crippen LogP contribution in [-0.4, -0.2) is 35.1 Å². The molecule has 2 unspecified atom stereocenters. The number of nitrogens with one attached hydrogen (secondary N) is 1. The van der Waals surface area contributed by atoms with Crippen molar-refractivity contribution in [2.45, 2.75) is 18.5 Å². The summed E-state index contributed by atoms with van der Waals surface area (Å²) in [5.41, 5.74) is 5.83. The summed E-state index contributed by atoms with van der Waals surface area (Å²) in [6, 6.07) is 0.417. The summed E-state index contributed by atoms with van der Waals surface area (Å²) in [5, 5.41) is 3.08. The normalized spacial score (nSPS) is 23.3. The Bertz CT molecular complexity index is 382. The molecule has 15 heavy (non-hydrogen) atoms. The summed E-state index contributed by atoms with van der Waals surface area (Å²) >= 11 is 0. The van der Waals surface area contributed by atoms with Gasteiger partial charge >= 0.3 is 5.97 Å². The van der Waals surface area contributed by atoms with E-state index in [-0.39, 0.29) is 17.8 Å². The highest BCUT2D eigenvalue weighted by Gasteiger charge is 2.33. The Morgan fingerprint density at radius 1 is 1.67 bits per heavy atom. The fraction of sp³-hybridized carbons (Fsp3) is 0.444. The second kappa shape index (κ2) is 3.82. The van der Waals surface area contributed by atoms with Crippen molar-refractivity contribution >= 4 is 11.8 Å². The number of hydrogen-bond donors (Lipinski definition) is 2. The van der Waals surface area contributed by atoms with Crippen LogP contribution >= 0.6 is 0 Å². The first-order valence-corrected chi connectivity index (χ1v) is 4.63. The fourth-order valence-corrected chi connectivity index (χ4v) is 1.21. The molecule has 0 saturated heterocycles. The molecule has 1 saturated carbocycles. The number of anilines is 1. The van der Waals surface area contributed by atoms with Gasteiger partial charge in [0.05, 0.1) is 19.5 Å². The van der Waals surface area contributed by atoms with E-state index in [1.54, 1.807) is 6.20 Å². The minimum absolute atomic E-state index is 0.175. The molecule has 1 aromatic heterocycles. The summed E-state index contributed by atoms with van der Waals surface area (Å²) in [6.07, 6.45) is 3.84. The highest BCUT2D eigenvalue weighted by molar-refractivity contribution is 5.87. The van der Waals surface area contributed by atoms with Crippen LogP contribution in [0.3, 0.4) is 0 Å². The maximum Gasteiger partial charge on any atom is 0.358 e. The Labute approximate surface area is 86.9 Å². The van der Waals surface area contributed by atoms with Crippen LogP contribution in [-0.2, 0) is 4.74 Å². The largest absolute Gasteiger partial charge is 0.464 e. The third kappa shape index (κ3) is 2.21. The van der Waals surface area contributed by atoms with E-state index in [0.717, 1.165) is 6.42 Å². The number of ether oxygens (including phenoxy) is 1. The second-order valence-electron chi connectivity index (χ2n) is 3.43. The van der Waals surface area contributed by atoms with Crippen molar-refractivity contribution in [3.8, 4) is 0 Å². The number of nitrogens with zero attached hydrogens (tertiary/aromatic N) is 2. The molecular weight excluding hydrogens is 196 g/mol. The zero-order valence-corrected chi connectivity index (χ0v) is 8.30. The first-order valence-electron chi connectivity index (χ1n) is 4.63. The first kappa shape index (κ1) is 9.85. The van der Waals surface area contributed by atoms with Gasteiger partial charge in [-0.05, 0) is 6.42 Å². The highest BCUT2D eigenvalue weighted by atomic mass is 16.5. The van der Waals surface area contributed by atoms with Gasteiger partial charge in [-0.2, -0.15) is 0 Å². The zero-order chi connectivity index (χ0) is 10.8. The number of esters is 1. The van der Waals surface area contributed by atoms with Gasteiger partial charge in [-0.1, -0.05) is 0 Å². The molecule has 2 atom stereocenters. The third-order valence-electron chi connectivity index (χ3n) is 2.20. The van der Waals surface area contributed by atoms with E-state index in [4.69, 9.17) is 5.73 Å². The molecule has 0 bridgehead atoms. The van der Waals surface area contributed by atoms with E-state index in [0.29, 0.717) is 5.82 Å². The van der Waals surface area contributed by atoms with Crippen molar-refractivity contribution < 1.29 is 9.53 Å². The molecule has 0 spiro atoms. The van der Waals surface area contributed by atoms with Crippen molar-refractivity contribution in [1.29, 1.82) is 0 Å². The molecule has 0 aromatic carbocycles. The molecule has 2 rings (SSSR count). The van der Waals surface area contributed by atoms with E-state index in [1.165, 1.54) is 13.3 Å². The Balaban J connectivity index is 2.08. The number of aromatic nitrogens is 2. The van der Waals surface area contributed by atoms with Crippen LogP contribution in [0.4, 0.5) is 5.82 Å². The zero-order valence-electron chi connectivity index (χ0n) is 8.30. The molecule has 80 valence electrons. The van der Waals surface area contributed by atoms with Crippen LogP contribution in [0, 0.1) is 0 Å². The van der Waals surface area contributed by atoms with Crippen LogP contribution in [0.5, 0.6) is 0 Å². The van der Waals surface area contributed by atoms with Crippen LogP contribution in [0.2, 0.25) is 0 Å². The highest BCUT2D eigenvalue weighted by Crippen LogP contribution is 2.22. The number of nitrogens with two attached hydrogens (primary N) is 1. The Morgan fingerprint density at radius 2 is 2.40 bits per heavy atom. The average molecular weight is 208 g/mol. The molecule has 6 nitrogen and oxygen atoms in total. The predicted molar refractivity (Wildman–Crippen MR) is 53.4 cm³/mol. The summed E-state index contributed by atoms with van der Waals surface area (Å²) in [5.74, 6) is 0.0575. The molecule has 1 aliphatic carbocycles. The second-order valence-corrected chi connectivity index (χ2v) is 3.43. The van der Waals surface area contributed by atoms with Gasteiger partial charge in [-0.25, -0.2) is 9.78 Å². The number of carbonyl (C=O) groups is 1. The molecule has 0 amide bonds. The van der Waals surface area contributed by atoms with Crippen molar-refractivity contribution in [3.63, 3.8) is 0 Å². The van der Waals surface area contributed by atoms with Gasteiger partial charge in [0.25, 0.3) is 0 Å². The van der Waals surface area contributed by atoms with Gasteiger partial charge in [-0.3, -0.25) is 4.98 Å². The van der Waals surface area contributed by atoms with Crippen molar-refractivity contribution in [3.05, 3.63) is 18.1 Å². The van der Waals surface area contributed by atoms with Gasteiger partial charge in [-0.15, -0.1) is 0 Å². The van der Waals surface area contributed by atoms with Gasteiger partial charge in [0, 0.05) is 12.1 Å². The van der Waals surface area contributed by atoms with Crippen LogP contribution in [0.1, 0.15) is 16.9 Å². The predicted octanol–water partition coefficient (Wildman–Crippen LogP) is -0.225. The van der Waals surface area contributed by atoms with Crippen LogP contribution in [0.25, 0.3) is 0 Å². The summed E-state index contributed by atoms with van der Waals surface area (Å²) < 4.78 is 4.54. The van der Waals surface area contributed by atoms with E-state index in [1.807, 2.05) is 0 Å². The van der Waals surface area contributed by atoms with Gasteiger partial charge < -0.3 is 15.8 Å². The van der Waals surface area contributed by atoms with E-state index in [2.05, 4.69) is 20.0 Å². The number of carbonyl (C=O) groups excluding carboxylic acids is 1. The standard InChI is InChI=1S/C9H12N4O2/c1-15-9(14)7-3-11-4-8(13-7)12-6-2-5(6)10/h3-6H,2,10H2,1H3,(H,12,13). The lowest BCUT2D eigenvalue weighted by Crippen LogP contribution is -2.15. The lowest BCUT2D eigenvalue weighted by atomic mass is 10.4. The summed E-state index contributed by atoms with van der Waals surface area (Å²) in [7, 11) is 1.31. The lowest BCUT2D eigenvalue weighted by molar-refractivity contribution is 0.0593. The smallest absolute Gasteiger partial charge is 0.358 e. The molecule has 1 heterocycles. The maximum atomic E-state index is 11.2. The molecule has 0 aliphatic heterocycles. The fourth-order valence-electron chi connectivity index (χ4n) is 1.21. The molecule has 0 radical (unpaired) electrons. The van der Waals surface area contributed by atoms with Crippen LogP contribution in [0.15, 0.2) is 12.4 Å². The quantitative estimate of drug-likeness (QED) is 0.667. The van der Waals surface area contributed by atoms with Gasteiger partial charge in [0.1, 0.15) is 5.82 Å². The molecular formula is C9H12N4O2. The molecule has 3 N–H and O–H groups in total. The van der Waals surface area contributed by atoms with Crippen molar-refractivity contribution in [2.24, 2.45) is 5.73 Å². The van der Waals surface area contributed by atoms with E-state index < -0.39 is 5.97 Å². The Kier molecular flexibility index (Phi) is 2.51. The first-order chi connectivity index (χ1) is 7.20. The van der Waals surface area contributed by atoms with Gasteiger partial charge in [0.2, 0.25) is 0 Å². The molecule has 1 aromatic rings. The molecule has 1 aliphatic rings.